The van der Waals surface area contributed by atoms with Crippen molar-refractivity contribution in [2.75, 3.05) is 36.6 Å². The number of amides is 2. The van der Waals surface area contributed by atoms with E-state index in [0.717, 1.165) is 29.7 Å². The van der Waals surface area contributed by atoms with E-state index in [0.29, 0.717) is 18.0 Å². The third-order valence-corrected chi connectivity index (χ3v) is 5.83. The van der Waals surface area contributed by atoms with E-state index in [-0.39, 0.29) is 31.4 Å². The molecule has 1 saturated heterocycles. The largest absolute Gasteiger partial charge is 0.495 e. The molecule has 0 aromatic heterocycles. The SMILES string of the molecule is COc1ccc(C)cc1N1C[C@@H](C(=O)OCC(=O)N2CCCc3ccccc32)CC1=O. The van der Waals surface area contributed by atoms with Crippen molar-refractivity contribution in [3.63, 3.8) is 0 Å². The van der Waals surface area contributed by atoms with Gasteiger partial charge in [0.2, 0.25) is 5.91 Å². The highest BCUT2D eigenvalue weighted by Gasteiger charge is 2.37. The average molecular weight is 422 g/mol. The van der Waals surface area contributed by atoms with Crippen molar-refractivity contribution in [2.45, 2.75) is 26.2 Å². The van der Waals surface area contributed by atoms with E-state index >= 15 is 0 Å². The lowest BCUT2D eigenvalue weighted by atomic mass is 10.0. The lowest BCUT2D eigenvalue weighted by Crippen LogP contribution is -2.39. The normalized spacial score (nSPS) is 18.0. The molecular formula is C24H26N2O5. The second-order valence-electron chi connectivity index (χ2n) is 7.97. The number of rotatable bonds is 5. The lowest BCUT2D eigenvalue weighted by molar-refractivity contribution is -0.151. The summed E-state index contributed by atoms with van der Waals surface area (Å²) in [6.07, 6.45) is 1.86. The van der Waals surface area contributed by atoms with Crippen molar-refractivity contribution < 1.29 is 23.9 Å². The fraction of sp³-hybridized carbons (Fsp3) is 0.375. The van der Waals surface area contributed by atoms with Gasteiger partial charge in [-0.3, -0.25) is 14.4 Å². The number of fused-ring (bicyclic) bond motifs is 1. The summed E-state index contributed by atoms with van der Waals surface area (Å²) in [6, 6.07) is 13.4. The minimum Gasteiger partial charge on any atom is -0.495 e. The van der Waals surface area contributed by atoms with Crippen LogP contribution in [0.4, 0.5) is 11.4 Å². The number of hydrogen-bond acceptors (Lipinski definition) is 5. The Hall–Kier alpha value is -3.35. The van der Waals surface area contributed by atoms with Crippen molar-refractivity contribution in [1.29, 1.82) is 0 Å². The van der Waals surface area contributed by atoms with Crippen LogP contribution in [0, 0.1) is 12.8 Å². The molecule has 2 aliphatic heterocycles. The van der Waals surface area contributed by atoms with Crippen molar-refractivity contribution in [3.05, 3.63) is 53.6 Å². The lowest BCUT2D eigenvalue weighted by Gasteiger charge is -2.29. The maximum absolute atomic E-state index is 12.7. The minimum absolute atomic E-state index is 0.0522. The Morgan fingerprint density at radius 2 is 1.94 bits per heavy atom. The topological polar surface area (TPSA) is 76.2 Å². The van der Waals surface area contributed by atoms with Crippen molar-refractivity contribution >= 4 is 29.2 Å². The van der Waals surface area contributed by atoms with E-state index < -0.39 is 11.9 Å². The van der Waals surface area contributed by atoms with Gasteiger partial charge in [0.25, 0.3) is 5.91 Å². The Balaban J connectivity index is 1.39. The number of aryl methyl sites for hydroxylation is 2. The third-order valence-electron chi connectivity index (χ3n) is 5.83. The monoisotopic (exact) mass is 422 g/mol. The van der Waals surface area contributed by atoms with E-state index in [1.165, 1.54) is 0 Å². The zero-order chi connectivity index (χ0) is 22.0. The Morgan fingerprint density at radius 3 is 2.74 bits per heavy atom. The fourth-order valence-corrected chi connectivity index (χ4v) is 4.23. The molecule has 2 amide bonds. The molecule has 0 unspecified atom stereocenters. The number of carbonyl (C=O) groups is 3. The Morgan fingerprint density at radius 1 is 1.13 bits per heavy atom. The van der Waals surface area contributed by atoms with E-state index in [2.05, 4.69) is 0 Å². The Labute approximate surface area is 181 Å². The number of esters is 1. The van der Waals surface area contributed by atoms with Crippen LogP contribution in [0.15, 0.2) is 42.5 Å². The van der Waals surface area contributed by atoms with E-state index in [9.17, 15) is 14.4 Å². The minimum atomic E-state index is -0.612. The third kappa shape index (κ3) is 4.26. The van der Waals surface area contributed by atoms with E-state index in [4.69, 9.17) is 9.47 Å². The average Bonchev–Trinajstić information content (AvgIpc) is 3.18. The molecule has 0 radical (unpaired) electrons. The van der Waals surface area contributed by atoms with Crippen LogP contribution in [0.1, 0.15) is 24.0 Å². The highest BCUT2D eigenvalue weighted by molar-refractivity contribution is 6.01. The summed E-state index contributed by atoms with van der Waals surface area (Å²) in [5.74, 6) is -0.976. The number of anilines is 2. The van der Waals surface area contributed by atoms with Crippen LogP contribution in [0.2, 0.25) is 0 Å². The predicted octanol–water partition coefficient (Wildman–Crippen LogP) is 2.88. The van der Waals surface area contributed by atoms with Gasteiger partial charge in [-0.2, -0.15) is 0 Å². The first-order valence-corrected chi connectivity index (χ1v) is 10.5. The summed E-state index contributed by atoms with van der Waals surface area (Å²) in [5, 5.41) is 0. The molecule has 2 aromatic rings. The predicted molar refractivity (Wildman–Crippen MR) is 116 cm³/mol. The number of carbonyl (C=O) groups excluding carboxylic acids is 3. The number of nitrogens with zero attached hydrogens (tertiary/aromatic N) is 2. The molecule has 2 aliphatic rings. The first-order valence-electron chi connectivity index (χ1n) is 10.5. The molecule has 7 heteroatoms. The maximum Gasteiger partial charge on any atom is 0.311 e. The molecular weight excluding hydrogens is 396 g/mol. The first-order chi connectivity index (χ1) is 15.0. The second kappa shape index (κ2) is 8.79. The van der Waals surface area contributed by atoms with Gasteiger partial charge >= 0.3 is 5.97 Å². The van der Waals surface area contributed by atoms with Gasteiger partial charge in [-0.15, -0.1) is 0 Å². The zero-order valence-electron chi connectivity index (χ0n) is 17.8. The standard InChI is InChI=1S/C24H26N2O5/c1-16-9-10-21(30-2)20(12-16)26-14-18(13-22(26)27)24(29)31-15-23(28)25-11-5-7-17-6-3-4-8-19(17)25/h3-4,6,8-10,12,18H,5,7,11,13-15H2,1-2H3/t18-/m0/s1. The smallest absolute Gasteiger partial charge is 0.311 e. The molecule has 31 heavy (non-hydrogen) atoms. The van der Waals surface area contributed by atoms with Gasteiger partial charge in [0.05, 0.1) is 18.7 Å². The van der Waals surface area contributed by atoms with Gasteiger partial charge in [-0.1, -0.05) is 24.3 Å². The number of benzene rings is 2. The summed E-state index contributed by atoms with van der Waals surface area (Å²) < 4.78 is 10.7. The van der Waals surface area contributed by atoms with E-state index in [1.54, 1.807) is 23.0 Å². The van der Waals surface area contributed by atoms with Gasteiger partial charge in [0.1, 0.15) is 5.75 Å². The molecule has 0 aliphatic carbocycles. The van der Waals surface area contributed by atoms with Crippen molar-refractivity contribution in [2.24, 2.45) is 5.92 Å². The second-order valence-corrected chi connectivity index (χ2v) is 7.97. The molecule has 1 atom stereocenters. The molecule has 1 fully saturated rings. The highest BCUT2D eigenvalue weighted by atomic mass is 16.5. The van der Waals surface area contributed by atoms with Crippen LogP contribution >= 0.6 is 0 Å². The molecule has 2 aromatic carbocycles. The summed E-state index contributed by atoms with van der Waals surface area (Å²) in [4.78, 5) is 41.1. The van der Waals surface area contributed by atoms with E-state index in [1.807, 2.05) is 43.3 Å². The van der Waals surface area contributed by atoms with Crippen LogP contribution < -0.4 is 14.5 Å². The zero-order valence-corrected chi connectivity index (χ0v) is 17.8. The molecule has 7 nitrogen and oxygen atoms in total. The number of hydrogen-bond donors (Lipinski definition) is 0. The van der Waals surface area contributed by atoms with Gasteiger partial charge < -0.3 is 19.3 Å². The Bertz CT molecular complexity index is 1020. The summed E-state index contributed by atoms with van der Waals surface area (Å²) in [7, 11) is 1.55. The fourth-order valence-electron chi connectivity index (χ4n) is 4.23. The van der Waals surface area contributed by atoms with Crippen molar-refractivity contribution in [3.8, 4) is 5.75 Å². The number of para-hydroxylation sites is 1. The maximum atomic E-state index is 12.7. The van der Waals surface area contributed by atoms with Crippen LogP contribution in [0.25, 0.3) is 0 Å². The molecule has 0 spiro atoms. The summed E-state index contributed by atoms with van der Waals surface area (Å²) in [5.41, 5.74) is 3.63. The molecule has 162 valence electrons. The molecule has 4 rings (SSSR count). The van der Waals surface area contributed by atoms with Gasteiger partial charge in [-0.25, -0.2) is 0 Å². The summed E-state index contributed by atoms with van der Waals surface area (Å²) >= 11 is 0. The quantitative estimate of drug-likeness (QED) is 0.693. The molecule has 0 bridgehead atoms. The van der Waals surface area contributed by atoms with Crippen molar-refractivity contribution in [1.82, 2.24) is 0 Å². The molecule has 2 heterocycles. The van der Waals surface area contributed by atoms with Crippen LogP contribution in [0.5, 0.6) is 5.75 Å². The van der Waals surface area contributed by atoms with Gasteiger partial charge in [0, 0.05) is 25.2 Å². The molecule has 0 saturated carbocycles. The van der Waals surface area contributed by atoms with Crippen LogP contribution in [-0.4, -0.2) is 44.6 Å². The molecule has 0 N–H and O–H groups in total. The van der Waals surface area contributed by atoms with Crippen LogP contribution in [0.3, 0.4) is 0 Å². The Kier molecular flexibility index (Phi) is 5.93. The van der Waals surface area contributed by atoms with Gasteiger partial charge in [-0.05, 0) is 49.1 Å². The summed E-state index contributed by atoms with van der Waals surface area (Å²) in [6.45, 7) is 2.42. The number of methoxy groups -OCH3 is 1. The van der Waals surface area contributed by atoms with Gasteiger partial charge in [0.15, 0.2) is 6.61 Å². The first kappa shape index (κ1) is 20.9. The van der Waals surface area contributed by atoms with Crippen LogP contribution in [-0.2, 0) is 25.5 Å². The number of ether oxygens (including phenoxy) is 2. The highest BCUT2D eigenvalue weighted by Crippen LogP contribution is 2.34.